The first-order chi connectivity index (χ1) is 10.1. The molecule has 0 amide bonds. The second-order valence-electron chi connectivity index (χ2n) is 7.08. The zero-order valence-electron chi connectivity index (χ0n) is 13.2. The first-order valence-electron chi connectivity index (χ1n) is 8.29. The molecule has 0 aromatic heterocycles. The molecule has 0 spiro atoms. The number of hydrogen-bond donors (Lipinski definition) is 1. The predicted octanol–water partition coefficient (Wildman–Crippen LogP) is 2.89. The van der Waals surface area contributed by atoms with Crippen molar-refractivity contribution in [3.63, 3.8) is 0 Å². The monoisotopic (exact) mass is 293 g/mol. The molecule has 0 aromatic rings. The Hall–Kier alpha value is -0.760. The van der Waals surface area contributed by atoms with Crippen molar-refractivity contribution in [1.82, 2.24) is 5.48 Å². The van der Waals surface area contributed by atoms with Crippen molar-refractivity contribution < 1.29 is 14.3 Å². The van der Waals surface area contributed by atoms with Crippen LogP contribution < -0.4 is 5.48 Å². The molecule has 3 fully saturated rings. The SMILES string of the molecule is C#CNOC1OC2OC(C)CCC3C(C)CCC(C1C)C23. The van der Waals surface area contributed by atoms with Crippen LogP contribution in [0.15, 0.2) is 0 Å². The van der Waals surface area contributed by atoms with Crippen LogP contribution in [-0.4, -0.2) is 18.7 Å². The van der Waals surface area contributed by atoms with Crippen LogP contribution in [0, 0.1) is 42.1 Å². The molecule has 1 N–H and O–H groups in total. The van der Waals surface area contributed by atoms with E-state index in [4.69, 9.17) is 20.7 Å². The van der Waals surface area contributed by atoms with Gasteiger partial charge in [0.25, 0.3) is 0 Å². The topological polar surface area (TPSA) is 39.7 Å². The predicted molar refractivity (Wildman–Crippen MR) is 79.5 cm³/mol. The summed E-state index contributed by atoms with van der Waals surface area (Å²) in [6.45, 7) is 6.75. The highest BCUT2D eigenvalue weighted by atomic mass is 16.8. The van der Waals surface area contributed by atoms with Gasteiger partial charge in [0.15, 0.2) is 12.6 Å². The number of ether oxygens (including phenoxy) is 2. The first kappa shape index (κ1) is 15.1. The summed E-state index contributed by atoms with van der Waals surface area (Å²) >= 11 is 0. The highest BCUT2D eigenvalue weighted by molar-refractivity contribution is 4.95. The molecule has 1 aliphatic carbocycles. The maximum absolute atomic E-state index is 6.18. The molecule has 8 unspecified atom stereocenters. The van der Waals surface area contributed by atoms with E-state index in [0.717, 1.165) is 12.3 Å². The van der Waals surface area contributed by atoms with Gasteiger partial charge in [-0.25, -0.2) is 10.3 Å². The average Bonchev–Trinajstić information content (AvgIpc) is 2.63. The lowest BCUT2D eigenvalue weighted by molar-refractivity contribution is -0.342. The highest BCUT2D eigenvalue weighted by Gasteiger charge is 2.52. The van der Waals surface area contributed by atoms with E-state index in [9.17, 15) is 0 Å². The third-order valence-electron chi connectivity index (χ3n) is 5.87. The van der Waals surface area contributed by atoms with E-state index in [1.54, 1.807) is 0 Å². The Morgan fingerprint density at radius 2 is 1.81 bits per heavy atom. The van der Waals surface area contributed by atoms with Crippen LogP contribution >= 0.6 is 0 Å². The van der Waals surface area contributed by atoms with E-state index in [1.165, 1.54) is 19.3 Å². The van der Waals surface area contributed by atoms with Gasteiger partial charge in [0.05, 0.1) is 6.10 Å². The molecule has 0 aromatic carbocycles. The van der Waals surface area contributed by atoms with Gasteiger partial charge in [-0.1, -0.05) is 26.7 Å². The molecular weight excluding hydrogens is 266 g/mol. The standard InChI is InChI=1S/C17H27NO3/c1-5-18-21-16-12(4)14-8-6-10(2)13-9-7-11(3)19-17(20-16)15(13)14/h1,10-18H,6-9H2,2-4H3. The van der Waals surface area contributed by atoms with Crippen molar-refractivity contribution in [1.29, 1.82) is 0 Å². The van der Waals surface area contributed by atoms with Gasteiger partial charge in [0, 0.05) is 17.9 Å². The van der Waals surface area contributed by atoms with Gasteiger partial charge in [0.1, 0.15) is 0 Å². The number of rotatable bonds is 2. The Morgan fingerprint density at radius 1 is 1.05 bits per heavy atom. The lowest BCUT2D eigenvalue weighted by Crippen LogP contribution is -2.54. The molecule has 21 heavy (non-hydrogen) atoms. The van der Waals surface area contributed by atoms with E-state index in [1.807, 2.05) is 0 Å². The van der Waals surface area contributed by atoms with E-state index < -0.39 is 0 Å². The van der Waals surface area contributed by atoms with Gasteiger partial charge in [-0.15, -0.1) is 0 Å². The van der Waals surface area contributed by atoms with E-state index in [-0.39, 0.29) is 18.7 Å². The Balaban J connectivity index is 1.83. The van der Waals surface area contributed by atoms with Crippen molar-refractivity contribution in [2.45, 2.75) is 65.1 Å². The van der Waals surface area contributed by atoms with Crippen molar-refractivity contribution in [3.8, 4) is 12.5 Å². The zero-order chi connectivity index (χ0) is 15.0. The Bertz CT molecular complexity index is 407. The molecule has 0 bridgehead atoms. The van der Waals surface area contributed by atoms with Crippen LogP contribution in [0.1, 0.15) is 46.5 Å². The van der Waals surface area contributed by atoms with Gasteiger partial charge in [0.2, 0.25) is 0 Å². The minimum atomic E-state index is -0.327. The summed E-state index contributed by atoms with van der Waals surface area (Å²) in [5.74, 6) is 2.90. The number of hydroxylamine groups is 1. The molecule has 3 rings (SSSR count). The van der Waals surface area contributed by atoms with Gasteiger partial charge in [-0.2, -0.15) is 0 Å². The lowest BCUT2D eigenvalue weighted by Gasteiger charge is -2.51. The van der Waals surface area contributed by atoms with Crippen LogP contribution in [0.4, 0.5) is 0 Å². The summed E-state index contributed by atoms with van der Waals surface area (Å²) < 4.78 is 12.3. The van der Waals surface area contributed by atoms with Crippen LogP contribution in [0.25, 0.3) is 0 Å². The minimum Gasteiger partial charge on any atom is -0.349 e. The quantitative estimate of drug-likeness (QED) is 0.483. The van der Waals surface area contributed by atoms with Gasteiger partial charge in [-0.3, -0.25) is 0 Å². The molecular formula is C17H27NO3. The third kappa shape index (κ3) is 2.79. The fourth-order valence-corrected chi connectivity index (χ4v) is 4.68. The molecule has 0 radical (unpaired) electrons. The van der Waals surface area contributed by atoms with Crippen LogP contribution in [0.2, 0.25) is 0 Å². The van der Waals surface area contributed by atoms with Gasteiger partial charge < -0.3 is 9.47 Å². The van der Waals surface area contributed by atoms with Crippen molar-refractivity contribution >= 4 is 0 Å². The maximum atomic E-state index is 6.18. The highest BCUT2D eigenvalue weighted by Crippen LogP contribution is 2.52. The largest absolute Gasteiger partial charge is 0.349 e. The zero-order valence-corrected chi connectivity index (χ0v) is 13.2. The van der Waals surface area contributed by atoms with Gasteiger partial charge >= 0.3 is 0 Å². The molecule has 118 valence electrons. The summed E-state index contributed by atoms with van der Waals surface area (Å²) in [7, 11) is 0. The first-order valence-corrected chi connectivity index (χ1v) is 8.29. The summed E-state index contributed by atoms with van der Waals surface area (Å²) in [6, 6.07) is 2.30. The van der Waals surface area contributed by atoms with Crippen molar-refractivity contribution in [3.05, 3.63) is 0 Å². The molecule has 2 heterocycles. The Kier molecular flexibility index (Phi) is 4.44. The maximum Gasteiger partial charge on any atom is 0.190 e. The average molecular weight is 293 g/mol. The Morgan fingerprint density at radius 3 is 2.57 bits per heavy atom. The van der Waals surface area contributed by atoms with Crippen LogP contribution in [0.5, 0.6) is 0 Å². The second-order valence-corrected chi connectivity index (χ2v) is 7.08. The molecule has 8 atom stereocenters. The fourth-order valence-electron chi connectivity index (χ4n) is 4.68. The van der Waals surface area contributed by atoms with E-state index in [0.29, 0.717) is 23.7 Å². The summed E-state index contributed by atoms with van der Waals surface area (Å²) in [4.78, 5) is 5.50. The summed E-state index contributed by atoms with van der Waals surface area (Å²) in [6.07, 6.45) is 9.90. The summed E-state index contributed by atoms with van der Waals surface area (Å²) in [5, 5.41) is 0. The lowest BCUT2D eigenvalue weighted by atomic mass is 9.61. The molecule has 4 nitrogen and oxygen atoms in total. The fraction of sp³-hybridized carbons (Fsp3) is 0.882. The smallest absolute Gasteiger partial charge is 0.190 e. The second kappa shape index (κ2) is 6.16. The van der Waals surface area contributed by atoms with E-state index >= 15 is 0 Å². The van der Waals surface area contributed by atoms with Crippen molar-refractivity contribution in [2.75, 3.05) is 0 Å². The summed E-state index contributed by atoms with van der Waals surface area (Å²) in [5.41, 5.74) is 2.50. The minimum absolute atomic E-state index is 0.152. The molecule has 2 aliphatic heterocycles. The third-order valence-corrected chi connectivity index (χ3v) is 5.87. The molecule has 1 saturated carbocycles. The molecule has 3 aliphatic rings. The number of terminal acetylenes is 1. The molecule has 2 saturated heterocycles. The number of hydrogen-bond acceptors (Lipinski definition) is 4. The van der Waals surface area contributed by atoms with Crippen molar-refractivity contribution in [2.24, 2.45) is 29.6 Å². The number of nitrogens with one attached hydrogen (secondary N) is 1. The van der Waals surface area contributed by atoms with Crippen LogP contribution in [-0.2, 0) is 14.3 Å². The van der Waals surface area contributed by atoms with Crippen LogP contribution in [0.3, 0.4) is 0 Å². The molecule has 4 heteroatoms. The van der Waals surface area contributed by atoms with E-state index in [2.05, 4.69) is 32.3 Å². The Labute approximate surface area is 127 Å². The van der Waals surface area contributed by atoms with Gasteiger partial charge in [-0.05, 0) is 43.9 Å². The normalized spacial score (nSPS) is 49.6.